The van der Waals surface area contributed by atoms with Crippen LogP contribution in [0.3, 0.4) is 0 Å². The van der Waals surface area contributed by atoms with Gasteiger partial charge in [-0.05, 0) is 43.5 Å². The van der Waals surface area contributed by atoms with Gasteiger partial charge in [-0.2, -0.15) is 0 Å². The molecule has 0 saturated carbocycles. The number of fused-ring (bicyclic) bond motifs is 1. The number of para-hydroxylation sites is 2. The van der Waals surface area contributed by atoms with E-state index in [1.54, 1.807) is 0 Å². The highest BCUT2D eigenvalue weighted by Crippen LogP contribution is 2.33. The number of aromatic amines is 1. The van der Waals surface area contributed by atoms with Crippen molar-refractivity contribution in [1.82, 2.24) is 9.55 Å². The Balaban J connectivity index is 1.65. The number of anilines is 1. The maximum Gasteiger partial charge on any atom is 0.326 e. The van der Waals surface area contributed by atoms with Gasteiger partial charge in [0.1, 0.15) is 5.82 Å². The first-order chi connectivity index (χ1) is 13.5. The monoisotopic (exact) mass is 382 g/mol. The number of aromatic nitrogens is 2. The van der Waals surface area contributed by atoms with Gasteiger partial charge in [-0.1, -0.05) is 19.1 Å². The molecule has 146 valence electrons. The number of primary amides is 1. The number of hydrogen-bond donors (Lipinski definition) is 2. The molecule has 1 aliphatic rings. The summed E-state index contributed by atoms with van der Waals surface area (Å²) in [5, 5.41) is 0. The number of carbonyl (C=O) groups is 1. The van der Waals surface area contributed by atoms with E-state index in [4.69, 9.17) is 5.73 Å². The maximum atomic E-state index is 14.3. The third-order valence-corrected chi connectivity index (χ3v) is 5.61. The predicted molar refractivity (Wildman–Crippen MR) is 107 cm³/mol. The average molecular weight is 382 g/mol. The van der Waals surface area contributed by atoms with Gasteiger partial charge in [0.05, 0.1) is 22.3 Å². The number of carbonyl (C=O) groups excluding carboxylic acids is 1. The molecule has 28 heavy (non-hydrogen) atoms. The Bertz CT molecular complexity index is 1090. The first kappa shape index (κ1) is 18.3. The summed E-state index contributed by atoms with van der Waals surface area (Å²) < 4.78 is 16.2. The Morgan fingerprint density at radius 1 is 1.21 bits per heavy atom. The molecule has 0 unspecified atom stereocenters. The standard InChI is InChI=1S/C21H23FN4O2/c1-2-14-16(22)8-7-15(20(23)27)19(14)25-11-9-13(10-12-25)26-18-6-4-3-5-17(18)24-21(26)28/h3-8,13H,2,9-12H2,1H3,(H2,23,27)(H,24,28). The zero-order valence-corrected chi connectivity index (χ0v) is 15.7. The molecule has 1 saturated heterocycles. The molecule has 7 heteroatoms. The molecule has 0 radical (unpaired) electrons. The number of rotatable bonds is 4. The van der Waals surface area contributed by atoms with Crippen molar-refractivity contribution < 1.29 is 9.18 Å². The molecule has 6 nitrogen and oxygen atoms in total. The maximum absolute atomic E-state index is 14.3. The quantitative estimate of drug-likeness (QED) is 0.728. The van der Waals surface area contributed by atoms with Crippen molar-refractivity contribution in [2.24, 2.45) is 5.73 Å². The van der Waals surface area contributed by atoms with Gasteiger partial charge in [0, 0.05) is 24.7 Å². The van der Waals surface area contributed by atoms with Crippen molar-refractivity contribution in [3.63, 3.8) is 0 Å². The predicted octanol–water partition coefficient (Wildman–Crippen LogP) is 2.97. The minimum atomic E-state index is -0.556. The van der Waals surface area contributed by atoms with Crippen molar-refractivity contribution in [2.75, 3.05) is 18.0 Å². The lowest BCUT2D eigenvalue weighted by molar-refractivity contribution is 0.100. The highest BCUT2D eigenvalue weighted by molar-refractivity contribution is 5.99. The van der Waals surface area contributed by atoms with Crippen molar-refractivity contribution in [1.29, 1.82) is 0 Å². The van der Waals surface area contributed by atoms with E-state index in [2.05, 4.69) is 4.98 Å². The number of halogens is 1. The van der Waals surface area contributed by atoms with Gasteiger partial charge >= 0.3 is 5.69 Å². The molecular formula is C21H23FN4O2. The number of H-pyrrole nitrogens is 1. The van der Waals surface area contributed by atoms with Crippen LogP contribution < -0.4 is 16.3 Å². The summed E-state index contributed by atoms with van der Waals surface area (Å²) in [6, 6.07) is 10.5. The first-order valence-electron chi connectivity index (χ1n) is 9.56. The second kappa shape index (κ2) is 7.14. The largest absolute Gasteiger partial charge is 0.370 e. The molecule has 3 aromatic rings. The topological polar surface area (TPSA) is 84.1 Å². The molecular weight excluding hydrogens is 359 g/mol. The Kier molecular flexibility index (Phi) is 4.66. The van der Waals surface area contributed by atoms with E-state index in [0.29, 0.717) is 36.3 Å². The number of amides is 1. The Labute approximate surface area is 161 Å². The summed E-state index contributed by atoms with van der Waals surface area (Å²) in [6.45, 7) is 3.10. The van der Waals surface area contributed by atoms with Gasteiger partial charge in [-0.15, -0.1) is 0 Å². The summed E-state index contributed by atoms with van der Waals surface area (Å²) in [6.07, 6.45) is 1.92. The van der Waals surface area contributed by atoms with E-state index in [1.807, 2.05) is 40.7 Å². The van der Waals surface area contributed by atoms with Crippen LogP contribution in [0.4, 0.5) is 10.1 Å². The van der Waals surface area contributed by atoms with E-state index >= 15 is 0 Å². The van der Waals surface area contributed by atoms with Crippen molar-refractivity contribution >= 4 is 22.6 Å². The summed E-state index contributed by atoms with van der Waals surface area (Å²) in [5.41, 5.74) is 8.60. The third-order valence-electron chi connectivity index (χ3n) is 5.61. The van der Waals surface area contributed by atoms with Crippen molar-refractivity contribution in [2.45, 2.75) is 32.2 Å². The lowest BCUT2D eigenvalue weighted by Crippen LogP contribution is -2.38. The first-order valence-corrected chi connectivity index (χ1v) is 9.56. The minimum absolute atomic E-state index is 0.0514. The molecule has 1 fully saturated rings. The summed E-state index contributed by atoms with van der Waals surface area (Å²) in [4.78, 5) is 29.3. The lowest BCUT2D eigenvalue weighted by Gasteiger charge is -2.36. The van der Waals surface area contributed by atoms with Gasteiger partial charge in [-0.25, -0.2) is 9.18 Å². The summed E-state index contributed by atoms with van der Waals surface area (Å²) in [5.74, 6) is -0.878. The lowest BCUT2D eigenvalue weighted by atomic mass is 9.98. The molecule has 1 aliphatic heterocycles. The van der Waals surface area contributed by atoms with E-state index in [1.165, 1.54) is 12.1 Å². The number of nitrogens with two attached hydrogens (primary N) is 1. The van der Waals surface area contributed by atoms with Gasteiger partial charge in [0.15, 0.2) is 0 Å². The molecule has 4 rings (SSSR count). The zero-order chi connectivity index (χ0) is 19.8. The van der Waals surface area contributed by atoms with Crippen molar-refractivity contribution in [3.05, 3.63) is 63.8 Å². The SMILES string of the molecule is CCc1c(F)ccc(C(N)=O)c1N1CCC(n2c(=O)[nH]c3ccccc32)CC1. The Hall–Kier alpha value is -3.09. The third kappa shape index (κ3) is 2.96. The number of hydrogen-bond acceptors (Lipinski definition) is 3. The fourth-order valence-electron chi connectivity index (χ4n) is 4.29. The van der Waals surface area contributed by atoms with E-state index < -0.39 is 5.91 Å². The highest BCUT2D eigenvalue weighted by atomic mass is 19.1. The number of nitrogens with one attached hydrogen (secondary N) is 1. The second-order valence-electron chi connectivity index (χ2n) is 7.18. The van der Waals surface area contributed by atoms with Crippen LogP contribution >= 0.6 is 0 Å². The number of piperidine rings is 1. The molecule has 2 heterocycles. The molecule has 1 aromatic heterocycles. The zero-order valence-electron chi connectivity index (χ0n) is 15.7. The molecule has 1 amide bonds. The molecule has 0 bridgehead atoms. The molecule has 0 aliphatic carbocycles. The van der Waals surface area contributed by atoms with Gasteiger partial charge < -0.3 is 15.6 Å². The molecule has 0 spiro atoms. The van der Waals surface area contributed by atoms with Gasteiger partial charge in [0.25, 0.3) is 5.91 Å². The van der Waals surface area contributed by atoms with E-state index in [-0.39, 0.29) is 17.5 Å². The van der Waals surface area contributed by atoms with Crippen LogP contribution in [0.25, 0.3) is 11.0 Å². The molecule has 0 atom stereocenters. The van der Waals surface area contributed by atoms with E-state index in [9.17, 15) is 14.0 Å². The van der Waals surface area contributed by atoms with Gasteiger partial charge in [0.2, 0.25) is 0 Å². The van der Waals surface area contributed by atoms with Crippen LogP contribution in [-0.4, -0.2) is 28.5 Å². The number of nitrogens with zero attached hydrogens (tertiary/aromatic N) is 2. The Morgan fingerprint density at radius 2 is 1.93 bits per heavy atom. The van der Waals surface area contributed by atoms with Crippen LogP contribution in [0.1, 0.15) is 41.7 Å². The van der Waals surface area contributed by atoms with Crippen LogP contribution in [0.15, 0.2) is 41.2 Å². The van der Waals surface area contributed by atoms with Crippen LogP contribution in [0.5, 0.6) is 0 Å². The number of imidazole rings is 1. The van der Waals surface area contributed by atoms with Gasteiger partial charge in [-0.3, -0.25) is 9.36 Å². The molecule has 3 N–H and O–H groups in total. The van der Waals surface area contributed by atoms with Crippen LogP contribution in [-0.2, 0) is 6.42 Å². The number of benzene rings is 2. The Morgan fingerprint density at radius 3 is 2.61 bits per heavy atom. The fourth-order valence-corrected chi connectivity index (χ4v) is 4.29. The smallest absolute Gasteiger partial charge is 0.326 e. The van der Waals surface area contributed by atoms with Crippen LogP contribution in [0, 0.1) is 5.82 Å². The second-order valence-corrected chi connectivity index (χ2v) is 7.18. The summed E-state index contributed by atoms with van der Waals surface area (Å²) in [7, 11) is 0. The average Bonchev–Trinajstić information content (AvgIpc) is 3.03. The van der Waals surface area contributed by atoms with Crippen molar-refractivity contribution in [3.8, 4) is 0 Å². The fraction of sp³-hybridized carbons (Fsp3) is 0.333. The normalized spacial score (nSPS) is 15.3. The minimum Gasteiger partial charge on any atom is -0.370 e. The molecule has 2 aromatic carbocycles. The summed E-state index contributed by atoms with van der Waals surface area (Å²) >= 11 is 0. The van der Waals surface area contributed by atoms with Crippen LogP contribution in [0.2, 0.25) is 0 Å². The highest BCUT2D eigenvalue weighted by Gasteiger charge is 2.27. The van der Waals surface area contributed by atoms with E-state index in [0.717, 1.165) is 23.9 Å².